The highest BCUT2D eigenvalue weighted by Gasteiger charge is 2.27. The summed E-state index contributed by atoms with van der Waals surface area (Å²) in [7, 11) is 0. The van der Waals surface area contributed by atoms with Gasteiger partial charge in [0, 0.05) is 34.9 Å². The van der Waals surface area contributed by atoms with E-state index in [0.29, 0.717) is 6.04 Å². The van der Waals surface area contributed by atoms with E-state index < -0.39 is 0 Å². The summed E-state index contributed by atoms with van der Waals surface area (Å²) in [5.74, 6) is 0.776. The molecule has 1 aromatic heterocycles. The normalized spacial score (nSPS) is 20.4. The van der Waals surface area contributed by atoms with E-state index in [0.717, 1.165) is 25.0 Å². The van der Waals surface area contributed by atoms with Crippen molar-refractivity contribution in [2.75, 3.05) is 6.54 Å². The van der Waals surface area contributed by atoms with Crippen LogP contribution in [0.25, 0.3) is 0 Å². The molecule has 1 fully saturated rings. The molecule has 1 saturated heterocycles. The standard InChI is InChI=1S/C17H30N2S/c1-12(2)17-7-6-8-19(17)11-15-9-16(20-14(15)5)10-18-13(3)4/h9,12-13,17-18H,6-8,10-11H2,1-5H3. The Hall–Kier alpha value is -0.380. The molecule has 2 rings (SSSR count). The maximum atomic E-state index is 3.52. The highest BCUT2D eigenvalue weighted by atomic mass is 32.1. The molecule has 0 aromatic carbocycles. The summed E-state index contributed by atoms with van der Waals surface area (Å²) < 4.78 is 0. The van der Waals surface area contributed by atoms with Crippen LogP contribution in [0, 0.1) is 12.8 Å². The zero-order chi connectivity index (χ0) is 14.7. The molecule has 1 aliphatic rings. The Labute approximate surface area is 128 Å². The Balaban J connectivity index is 1.98. The van der Waals surface area contributed by atoms with Crippen molar-refractivity contribution in [3.8, 4) is 0 Å². The van der Waals surface area contributed by atoms with Gasteiger partial charge in [0.05, 0.1) is 0 Å². The predicted octanol–water partition coefficient (Wildman–Crippen LogP) is 4.17. The Morgan fingerprint density at radius 2 is 2.10 bits per heavy atom. The van der Waals surface area contributed by atoms with Gasteiger partial charge in [0.15, 0.2) is 0 Å². The van der Waals surface area contributed by atoms with E-state index in [2.05, 4.69) is 50.9 Å². The van der Waals surface area contributed by atoms with Gasteiger partial charge < -0.3 is 5.32 Å². The molecule has 3 heteroatoms. The van der Waals surface area contributed by atoms with E-state index in [1.54, 1.807) is 5.56 Å². The predicted molar refractivity (Wildman–Crippen MR) is 89.3 cm³/mol. The summed E-state index contributed by atoms with van der Waals surface area (Å²) >= 11 is 1.96. The second-order valence-corrected chi connectivity index (χ2v) is 8.09. The van der Waals surface area contributed by atoms with E-state index >= 15 is 0 Å². The van der Waals surface area contributed by atoms with Crippen LogP contribution in [0.1, 0.15) is 55.9 Å². The van der Waals surface area contributed by atoms with Gasteiger partial charge in [-0.1, -0.05) is 27.7 Å². The topological polar surface area (TPSA) is 15.3 Å². The Kier molecular flexibility index (Phi) is 5.65. The first-order valence-electron chi connectivity index (χ1n) is 8.03. The van der Waals surface area contributed by atoms with Crippen molar-refractivity contribution in [3.05, 3.63) is 21.4 Å². The molecular weight excluding hydrogens is 264 g/mol. The summed E-state index contributed by atoms with van der Waals surface area (Å²) in [6.07, 6.45) is 2.75. The molecule has 0 bridgehead atoms. The highest BCUT2D eigenvalue weighted by Crippen LogP contribution is 2.29. The number of hydrogen-bond donors (Lipinski definition) is 1. The molecule has 0 aliphatic carbocycles. The third-order valence-corrected chi connectivity index (χ3v) is 5.41. The van der Waals surface area contributed by atoms with Gasteiger partial charge >= 0.3 is 0 Å². The molecule has 0 saturated carbocycles. The van der Waals surface area contributed by atoms with Gasteiger partial charge in [0.2, 0.25) is 0 Å². The monoisotopic (exact) mass is 294 g/mol. The van der Waals surface area contributed by atoms with Crippen LogP contribution < -0.4 is 5.32 Å². The molecule has 2 heterocycles. The fourth-order valence-corrected chi connectivity index (χ4v) is 4.16. The molecule has 1 aliphatic heterocycles. The van der Waals surface area contributed by atoms with Crippen LogP contribution in [0.15, 0.2) is 6.07 Å². The number of likely N-dealkylation sites (tertiary alicyclic amines) is 1. The van der Waals surface area contributed by atoms with Crippen LogP contribution in [-0.4, -0.2) is 23.5 Å². The fraction of sp³-hybridized carbons (Fsp3) is 0.765. The lowest BCUT2D eigenvalue weighted by Gasteiger charge is -2.27. The SMILES string of the molecule is Cc1sc(CNC(C)C)cc1CN1CCCC1C(C)C. The van der Waals surface area contributed by atoms with E-state index in [1.165, 1.54) is 29.1 Å². The summed E-state index contributed by atoms with van der Waals surface area (Å²) in [5.41, 5.74) is 1.54. The van der Waals surface area contributed by atoms with Crippen molar-refractivity contribution in [2.24, 2.45) is 5.92 Å². The first kappa shape index (κ1) is 16.0. The van der Waals surface area contributed by atoms with Gasteiger partial charge in [-0.3, -0.25) is 4.90 Å². The van der Waals surface area contributed by atoms with Crippen molar-refractivity contribution in [3.63, 3.8) is 0 Å². The zero-order valence-corrected chi connectivity index (χ0v) is 14.5. The number of aryl methyl sites for hydroxylation is 1. The summed E-state index contributed by atoms with van der Waals surface area (Å²) in [6, 6.07) is 3.77. The summed E-state index contributed by atoms with van der Waals surface area (Å²) in [6.45, 7) is 14.8. The highest BCUT2D eigenvalue weighted by molar-refractivity contribution is 7.12. The molecule has 0 amide bonds. The van der Waals surface area contributed by atoms with Gasteiger partial charge in [-0.25, -0.2) is 0 Å². The molecule has 114 valence electrons. The number of thiophene rings is 1. The largest absolute Gasteiger partial charge is 0.310 e. The van der Waals surface area contributed by atoms with Gasteiger partial charge in [-0.05, 0) is 43.9 Å². The first-order chi connectivity index (χ1) is 9.47. The molecule has 1 N–H and O–H groups in total. The minimum atomic E-state index is 0.560. The first-order valence-corrected chi connectivity index (χ1v) is 8.84. The van der Waals surface area contributed by atoms with E-state index in [9.17, 15) is 0 Å². The second kappa shape index (κ2) is 7.06. The maximum Gasteiger partial charge on any atom is 0.0302 e. The summed E-state index contributed by atoms with van der Waals surface area (Å²) in [5, 5.41) is 3.52. The number of nitrogens with zero attached hydrogens (tertiary/aromatic N) is 1. The molecule has 0 spiro atoms. The molecular formula is C17H30N2S. The average Bonchev–Trinajstić information content (AvgIpc) is 2.95. The lowest BCUT2D eigenvalue weighted by atomic mass is 10.0. The van der Waals surface area contributed by atoms with Crippen LogP contribution in [0.3, 0.4) is 0 Å². The van der Waals surface area contributed by atoms with Crippen LogP contribution >= 0.6 is 11.3 Å². The quantitative estimate of drug-likeness (QED) is 0.847. The number of rotatable bonds is 6. The van der Waals surface area contributed by atoms with Crippen LogP contribution in [0.5, 0.6) is 0 Å². The second-order valence-electron chi connectivity index (χ2n) is 6.75. The lowest BCUT2D eigenvalue weighted by Crippen LogP contribution is -2.32. The van der Waals surface area contributed by atoms with Crippen molar-refractivity contribution in [1.82, 2.24) is 10.2 Å². The Bertz CT molecular complexity index is 423. The van der Waals surface area contributed by atoms with E-state index in [4.69, 9.17) is 0 Å². The number of hydrogen-bond acceptors (Lipinski definition) is 3. The minimum absolute atomic E-state index is 0.560. The lowest BCUT2D eigenvalue weighted by molar-refractivity contribution is 0.199. The van der Waals surface area contributed by atoms with E-state index in [-0.39, 0.29) is 0 Å². The van der Waals surface area contributed by atoms with E-state index in [1.807, 2.05) is 11.3 Å². The maximum absolute atomic E-state index is 3.52. The molecule has 20 heavy (non-hydrogen) atoms. The summed E-state index contributed by atoms with van der Waals surface area (Å²) in [4.78, 5) is 5.67. The fourth-order valence-electron chi connectivity index (χ4n) is 3.16. The molecule has 1 unspecified atom stereocenters. The average molecular weight is 295 g/mol. The van der Waals surface area contributed by atoms with Crippen LogP contribution in [0.4, 0.5) is 0 Å². The van der Waals surface area contributed by atoms with Crippen LogP contribution in [-0.2, 0) is 13.1 Å². The minimum Gasteiger partial charge on any atom is -0.310 e. The zero-order valence-electron chi connectivity index (χ0n) is 13.7. The van der Waals surface area contributed by atoms with Crippen molar-refractivity contribution < 1.29 is 0 Å². The third-order valence-electron chi connectivity index (χ3n) is 4.31. The van der Waals surface area contributed by atoms with Crippen molar-refractivity contribution in [1.29, 1.82) is 0 Å². The van der Waals surface area contributed by atoms with Gasteiger partial charge in [0.1, 0.15) is 0 Å². The van der Waals surface area contributed by atoms with Crippen molar-refractivity contribution >= 4 is 11.3 Å². The van der Waals surface area contributed by atoms with Crippen molar-refractivity contribution in [2.45, 2.75) is 72.6 Å². The smallest absolute Gasteiger partial charge is 0.0302 e. The molecule has 1 aromatic rings. The van der Waals surface area contributed by atoms with Gasteiger partial charge in [0.25, 0.3) is 0 Å². The third kappa shape index (κ3) is 4.06. The number of nitrogens with one attached hydrogen (secondary N) is 1. The Morgan fingerprint density at radius 1 is 1.35 bits per heavy atom. The molecule has 0 radical (unpaired) electrons. The molecule has 2 nitrogen and oxygen atoms in total. The van der Waals surface area contributed by atoms with Gasteiger partial charge in [-0.2, -0.15) is 0 Å². The molecule has 1 atom stereocenters. The van der Waals surface area contributed by atoms with Crippen LogP contribution in [0.2, 0.25) is 0 Å². The Morgan fingerprint density at radius 3 is 2.75 bits per heavy atom. The van der Waals surface area contributed by atoms with Gasteiger partial charge in [-0.15, -0.1) is 11.3 Å².